The van der Waals surface area contributed by atoms with Gasteiger partial charge in [-0.25, -0.2) is 8.78 Å². The number of nitrogens with zero attached hydrogens (tertiary/aromatic N) is 1. The minimum absolute atomic E-state index is 0.0851. The van der Waals surface area contributed by atoms with Gasteiger partial charge in [0.25, 0.3) is 0 Å². The number of hydrogen-bond acceptors (Lipinski definition) is 2. The fourth-order valence-corrected chi connectivity index (χ4v) is 1.66. The van der Waals surface area contributed by atoms with Gasteiger partial charge < -0.3 is 10.2 Å². The molecule has 0 saturated carbocycles. The van der Waals surface area contributed by atoms with Crippen LogP contribution in [0.5, 0.6) is 0 Å². The molecule has 90 valence electrons. The Morgan fingerprint density at radius 3 is 2.31 bits per heavy atom. The van der Waals surface area contributed by atoms with Crippen molar-refractivity contribution >= 4 is 15.9 Å². The van der Waals surface area contributed by atoms with Crippen LogP contribution < -0.4 is 5.32 Å². The van der Waals surface area contributed by atoms with E-state index < -0.39 is 11.6 Å². The molecule has 1 rings (SSSR count). The Kier molecular flexibility index (Phi) is 5.31. The Balaban J connectivity index is 2.54. The predicted octanol–water partition coefficient (Wildman–Crippen LogP) is 2.38. The second-order valence-electron chi connectivity index (χ2n) is 3.83. The largest absolute Gasteiger partial charge is 0.311 e. The normalized spacial score (nSPS) is 11.1. The molecular weight excluding hydrogens is 278 g/mol. The first-order chi connectivity index (χ1) is 7.50. The van der Waals surface area contributed by atoms with Gasteiger partial charge in [-0.2, -0.15) is 0 Å². The fraction of sp³-hybridized carbons (Fsp3) is 0.455. The van der Waals surface area contributed by atoms with Gasteiger partial charge in [-0.15, -0.1) is 0 Å². The Bertz CT molecular complexity index is 333. The highest BCUT2D eigenvalue weighted by molar-refractivity contribution is 9.10. The van der Waals surface area contributed by atoms with Gasteiger partial charge in [0.05, 0.1) is 0 Å². The lowest BCUT2D eigenvalue weighted by Crippen LogP contribution is -2.26. The van der Waals surface area contributed by atoms with E-state index in [0.29, 0.717) is 11.0 Å². The van der Waals surface area contributed by atoms with E-state index >= 15 is 0 Å². The number of nitrogens with one attached hydrogen (secondary N) is 1. The molecule has 0 aliphatic heterocycles. The maximum absolute atomic E-state index is 13.4. The second-order valence-corrected chi connectivity index (χ2v) is 4.74. The molecule has 0 amide bonds. The Morgan fingerprint density at radius 1 is 1.25 bits per heavy atom. The van der Waals surface area contributed by atoms with E-state index in [0.717, 1.165) is 6.54 Å². The van der Waals surface area contributed by atoms with Gasteiger partial charge in [0.15, 0.2) is 0 Å². The molecule has 0 unspecified atom stereocenters. The van der Waals surface area contributed by atoms with E-state index in [1.165, 1.54) is 12.1 Å². The Labute approximate surface area is 103 Å². The molecular formula is C11H15BrF2N2. The fourth-order valence-electron chi connectivity index (χ4n) is 1.26. The molecule has 5 heteroatoms. The Morgan fingerprint density at radius 2 is 1.81 bits per heavy atom. The minimum atomic E-state index is -0.524. The van der Waals surface area contributed by atoms with E-state index in [4.69, 9.17) is 0 Å². The average molecular weight is 293 g/mol. The quantitative estimate of drug-likeness (QED) is 0.839. The van der Waals surface area contributed by atoms with Gasteiger partial charge in [-0.3, -0.25) is 0 Å². The van der Waals surface area contributed by atoms with Gasteiger partial charge in [-0.1, -0.05) is 15.9 Å². The third-order valence-corrected chi connectivity index (χ3v) is 2.60. The van der Waals surface area contributed by atoms with Crippen molar-refractivity contribution < 1.29 is 8.78 Å². The van der Waals surface area contributed by atoms with Crippen molar-refractivity contribution in [1.29, 1.82) is 0 Å². The Hall–Kier alpha value is -0.520. The van der Waals surface area contributed by atoms with Gasteiger partial charge in [0.1, 0.15) is 11.6 Å². The van der Waals surface area contributed by atoms with Crippen LogP contribution in [0.15, 0.2) is 16.6 Å². The number of halogens is 3. The predicted molar refractivity (Wildman–Crippen MR) is 64.3 cm³/mol. The van der Waals surface area contributed by atoms with Crippen molar-refractivity contribution in [3.63, 3.8) is 0 Å². The van der Waals surface area contributed by atoms with Crippen LogP contribution in [0.1, 0.15) is 5.56 Å². The van der Waals surface area contributed by atoms with Crippen molar-refractivity contribution in [3.8, 4) is 0 Å². The zero-order chi connectivity index (χ0) is 12.1. The third-order valence-electron chi connectivity index (χ3n) is 2.14. The van der Waals surface area contributed by atoms with Gasteiger partial charge in [0, 0.05) is 29.7 Å². The number of rotatable bonds is 5. The van der Waals surface area contributed by atoms with Crippen molar-refractivity contribution in [2.24, 2.45) is 0 Å². The molecule has 0 aromatic heterocycles. The summed E-state index contributed by atoms with van der Waals surface area (Å²) in [6.07, 6.45) is 0. The highest BCUT2D eigenvalue weighted by Gasteiger charge is 2.09. The average Bonchev–Trinajstić information content (AvgIpc) is 2.14. The molecule has 0 spiro atoms. The van der Waals surface area contributed by atoms with Gasteiger partial charge in [0.2, 0.25) is 0 Å². The SMILES string of the molecule is CN(C)CCNCc1c(F)cc(Br)cc1F. The third kappa shape index (κ3) is 4.15. The zero-order valence-electron chi connectivity index (χ0n) is 9.36. The number of benzene rings is 1. The number of likely N-dealkylation sites (N-methyl/N-ethyl adjacent to an activating group) is 1. The summed E-state index contributed by atoms with van der Waals surface area (Å²) >= 11 is 3.04. The smallest absolute Gasteiger partial charge is 0.131 e. The maximum atomic E-state index is 13.4. The van der Waals surface area contributed by atoms with Gasteiger partial charge in [-0.05, 0) is 26.2 Å². The zero-order valence-corrected chi connectivity index (χ0v) is 10.9. The first kappa shape index (κ1) is 13.5. The summed E-state index contributed by atoms with van der Waals surface area (Å²) in [6, 6.07) is 2.54. The van der Waals surface area contributed by atoms with Crippen LogP contribution in [-0.2, 0) is 6.54 Å². The topological polar surface area (TPSA) is 15.3 Å². The van der Waals surface area contributed by atoms with Gasteiger partial charge >= 0.3 is 0 Å². The van der Waals surface area contributed by atoms with E-state index in [2.05, 4.69) is 21.2 Å². The van der Waals surface area contributed by atoms with Crippen LogP contribution in [0.4, 0.5) is 8.78 Å². The van der Waals surface area contributed by atoms with E-state index in [9.17, 15) is 8.78 Å². The van der Waals surface area contributed by atoms with Crippen LogP contribution >= 0.6 is 15.9 Å². The lowest BCUT2D eigenvalue weighted by molar-refractivity contribution is 0.397. The van der Waals surface area contributed by atoms with Crippen molar-refractivity contribution in [2.45, 2.75) is 6.54 Å². The number of hydrogen-bond donors (Lipinski definition) is 1. The summed E-state index contributed by atoms with van der Waals surface area (Å²) in [5, 5.41) is 3.00. The molecule has 0 radical (unpaired) electrons. The molecule has 0 fully saturated rings. The van der Waals surface area contributed by atoms with Crippen LogP contribution in [0.3, 0.4) is 0 Å². The highest BCUT2D eigenvalue weighted by atomic mass is 79.9. The molecule has 1 N–H and O–H groups in total. The summed E-state index contributed by atoms with van der Waals surface area (Å²) in [6.45, 7) is 1.74. The molecule has 2 nitrogen and oxygen atoms in total. The molecule has 1 aromatic rings. The summed E-state index contributed by atoms with van der Waals surface area (Å²) < 4.78 is 27.2. The van der Waals surface area contributed by atoms with Crippen LogP contribution in [0.2, 0.25) is 0 Å². The first-order valence-corrected chi connectivity index (χ1v) is 5.79. The van der Waals surface area contributed by atoms with Crippen LogP contribution in [-0.4, -0.2) is 32.1 Å². The monoisotopic (exact) mass is 292 g/mol. The molecule has 16 heavy (non-hydrogen) atoms. The highest BCUT2D eigenvalue weighted by Crippen LogP contribution is 2.19. The summed E-state index contributed by atoms with van der Waals surface area (Å²) in [5.74, 6) is -1.05. The molecule has 0 atom stereocenters. The molecule has 0 aliphatic rings. The van der Waals surface area contributed by atoms with E-state index in [1.807, 2.05) is 19.0 Å². The maximum Gasteiger partial charge on any atom is 0.131 e. The molecule has 0 aliphatic carbocycles. The van der Waals surface area contributed by atoms with Crippen LogP contribution in [0, 0.1) is 11.6 Å². The summed E-state index contributed by atoms with van der Waals surface area (Å²) in [4.78, 5) is 2.00. The lowest BCUT2D eigenvalue weighted by atomic mass is 10.2. The van der Waals surface area contributed by atoms with Crippen LogP contribution in [0.25, 0.3) is 0 Å². The summed E-state index contributed by atoms with van der Waals surface area (Å²) in [7, 11) is 3.89. The van der Waals surface area contributed by atoms with Crippen molar-refractivity contribution in [3.05, 3.63) is 33.8 Å². The first-order valence-electron chi connectivity index (χ1n) is 4.99. The summed E-state index contributed by atoms with van der Waals surface area (Å²) in [5.41, 5.74) is 0.0851. The van der Waals surface area contributed by atoms with Crippen molar-refractivity contribution in [1.82, 2.24) is 10.2 Å². The molecule has 0 heterocycles. The molecule has 0 saturated heterocycles. The molecule has 1 aromatic carbocycles. The molecule has 0 bridgehead atoms. The van der Waals surface area contributed by atoms with E-state index in [-0.39, 0.29) is 12.1 Å². The second kappa shape index (κ2) is 6.27. The van der Waals surface area contributed by atoms with E-state index in [1.54, 1.807) is 0 Å². The lowest BCUT2D eigenvalue weighted by Gasteiger charge is -2.11. The van der Waals surface area contributed by atoms with Crippen molar-refractivity contribution in [2.75, 3.05) is 27.2 Å². The standard InChI is InChI=1S/C11H15BrF2N2/c1-16(2)4-3-15-7-9-10(13)5-8(12)6-11(9)14/h5-6,15H,3-4,7H2,1-2H3. The minimum Gasteiger partial charge on any atom is -0.311 e.